The molecule has 2 N–H and O–H groups in total. The highest BCUT2D eigenvalue weighted by atomic mass is 16.4. The first-order chi connectivity index (χ1) is 9.15. The molecule has 0 unspecified atom stereocenters. The minimum absolute atomic E-state index is 0.0722. The molecule has 19 heavy (non-hydrogen) atoms. The van der Waals surface area contributed by atoms with Gasteiger partial charge >= 0.3 is 12.0 Å². The van der Waals surface area contributed by atoms with E-state index >= 15 is 0 Å². The normalized spacial score (nSPS) is 26.3. The predicted molar refractivity (Wildman–Crippen MR) is 63.4 cm³/mol. The molecule has 0 aromatic carbocycles. The minimum Gasteiger partial charge on any atom is -0.481 e. The third kappa shape index (κ3) is 2.45. The standard InChI is InChI=1S/C12H15N3O4/c16-9(7-2-1-3-8(7)11(17)18)13-12-15-14-10(19-12)6-4-5-6/h6-8H,1-5H2,(H,17,18)(H,13,15,16)/t7-,8+/m1/s1. The van der Waals surface area contributed by atoms with E-state index in [4.69, 9.17) is 9.52 Å². The van der Waals surface area contributed by atoms with Crippen molar-refractivity contribution in [2.24, 2.45) is 11.8 Å². The molecule has 7 nitrogen and oxygen atoms in total. The van der Waals surface area contributed by atoms with Gasteiger partial charge in [-0.15, -0.1) is 5.10 Å². The van der Waals surface area contributed by atoms with Crippen LogP contribution in [0.4, 0.5) is 6.01 Å². The summed E-state index contributed by atoms with van der Waals surface area (Å²) in [5, 5.41) is 19.2. The second-order valence-corrected chi connectivity index (χ2v) is 5.19. The van der Waals surface area contributed by atoms with Crippen molar-refractivity contribution >= 4 is 17.9 Å². The highest BCUT2D eigenvalue weighted by molar-refractivity contribution is 5.93. The average molecular weight is 265 g/mol. The lowest BCUT2D eigenvalue weighted by Crippen LogP contribution is -2.30. The van der Waals surface area contributed by atoms with E-state index in [1.165, 1.54) is 0 Å². The van der Waals surface area contributed by atoms with Crippen LogP contribution >= 0.6 is 0 Å². The van der Waals surface area contributed by atoms with Crippen LogP contribution in [0.2, 0.25) is 0 Å². The highest BCUT2D eigenvalue weighted by Crippen LogP contribution is 2.39. The fourth-order valence-electron chi connectivity index (χ4n) is 2.55. The topological polar surface area (TPSA) is 105 Å². The molecule has 1 amide bonds. The molecule has 1 heterocycles. The summed E-state index contributed by atoms with van der Waals surface area (Å²) >= 11 is 0. The van der Waals surface area contributed by atoms with Crippen molar-refractivity contribution in [3.05, 3.63) is 5.89 Å². The van der Waals surface area contributed by atoms with E-state index in [0.29, 0.717) is 24.7 Å². The van der Waals surface area contributed by atoms with Crippen LogP contribution in [0, 0.1) is 11.8 Å². The molecule has 0 spiro atoms. The number of aliphatic carboxylic acids is 1. The third-order valence-electron chi connectivity index (χ3n) is 3.77. The van der Waals surface area contributed by atoms with Crippen LogP contribution in [-0.2, 0) is 9.59 Å². The van der Waals surface area contributed by atoms with Crippen molar-refractivity contribution in [2.45, 2.75) is 38.0 Å². The van der Waals surface area contributed by atoms with Gasteiger partial charge in [-0.25, -0.2) is 0 Å². The molecule has 2 atom stereocenters. The fraction of sp³-hybridized carbons (Fsp3) is 0.667. The average Bonchev–Trinajstić information content (AvgIpc) is 2.92. The summed E-state index contributed by atoms with van der Waals surface area (Å²) in [7, 11) is 0. The molecule has 1 aromatic heterocycles. The number of hydrogen-bond donors (Lipinski definition) is 2. The maximum absolute atomic E-state index is 12.0. The van der Waals surface area contributed by atoms with Gasteiger partial charge in [0.1, 0.15) is 0 Å². The number of carbonyl (C=O) groups is 2. The lowest BCUT2D eigenvalue weighted by atomic mass is 9.95. The molecule has 2 saturated carbocycles. The van der Waals surface area contributed by atoms with Crippen molar-refractivity contribution in [3.8, 4) is 0 Å². The SMILES string of the molecule is O=C(O)[C@H]1CCC[C@H]1C(=O)Nc1nnc(C2CC2)o1. The molecule has 7 heteroatoms. The first-order valence-corrected chi connectivity index (χ1v) is 6.52. The van der Waals surface area contributed by atoms with Crippen LogP contribution in [0.3, 0.4) is 0 Å². The second-order valence-electron chi connectivity index (χ2n) is 5.19. The first kappa shape index (κ1) is 12.1. The molecule has 0 saturated heterocycles. The number of aromatic nitrogens is 2. The Morgan fingerprint density at radius 3 is 2.58 bits per heavy atom. The summed E-state index contributed by atoms with van der Waals surface area (Å²) in [6.07, 6.45) is 3.97. The molecule has 2 aliphatic carbocycles. The van der Waals surface area contributed by atoms with Crippen molar-refractivity contribution in [3.63, 3.8) is 0 Å². The largest absolute Gasteiger partial charge is 0.481 e. The number of nitrogens with zero attached hydrogens (tertiary/aromatic N) is 2. The van der Waals surface area contributed by atoms with Crippen LogP contribution in [0.15, 0.2) is 4.42 Å². The summed E-state index contributed by atoms with van der Waals surface area (Å²) in [6.45, 7) is 0. The highest BCUT2D eigenvalue weighted by Gasteiger charge is 2.38. The van der Waals surface area contributed by atoms with E-state index in [9.17, 15) is 9.59 Å². The molecule has 0 aliphatic heterocycles. The van der Waals surface area contributed by atoms with Crippen LogP contribution < -0.4 is 5.32 Å². The monoisotopic (exact) mass is 265 g/mol. The smallest absolute Gasteiger partial charge is 0.322 e. The number of hydrogen-bond acceptors (Lipinski definition) is 5. The summed E-state index contributed by atoms with van der Waals surface area (Å²) < 4.78 is 5.33. The number of rotatable bonds is 4. The van der Waals surface area contributed by atoms with Crippen LogP contribution in [0.1, 0.15) is 43.9 Å². The molecule has 2 fully saturated rings. The number of carbonyl (C=O) groups excluding carboxylic acids is 1. The van der Waals surface area contributed by atoms with Crippen molar-refractivity contribution in [1.82, 2.24) is 10.2 Å². The Morgan fingerprint density at radius 2 is 1.89 bits per heavy atom. The van der Waals surface area contributed by atoms with E-state index in [2.05, 4.69) is 15.5 Å². The summed E-state index contributed by atoms with van der Waals surface area (Å²) in [5.41, 5.74) is 0. The third-order valence-corrected chi connectivity index (χ3v) is 3.77. The zero-order valence-electron chi connectivity index (χ0n) is 10.3. The Labute approximate surface area is 109 Å². The Balaban J connectivity index is 1.64. The second kappa shape index (κ2) is 4.64. The fourth-order valence-corrected chi connectivity index (χ4v) is 2.55. The minimum atomic E-state index is -0.915. The van der Waals surface area contributed by atoms with Gasteiger partial charge in [-0.2, -0.15) is 0 Å². The van der Waals surface area contributed by atoms with E-state index in [1.807, 2.05) is 0 Å². The van der Waals surface area contributed by atoms with Gasteiger partial charge in [0.2, 0.25) is 11.8 Å². The number of amides is 1. The number of carboxylic acids is 1. The molecule has 2 aliphatic rings. The molecule has 0 bridgehead atoms. The number of nitrogens with one attached hydrogen (secondary N) is 1. The van der Waals surface area contributed by atoms with Crippen LogP contribution in [0.25, 0.3) is 0 Å². The Morgan fingerprint density at radius 1 is 1.16 bits per heavy atom. The Bertz CT molecular complexity index is 509. The van der Waals surface area contributed by atoms with E-state index in [1.54, 1.807) is 0 Å². The molecule has 102 valence electrons. The van der Waals surface area contributed by atoms with Gasteiger partial charge in [0.15, 0.2) is 0 Å². The summed E-state index contributed by atoms with van der Waals surface area (Å²) in [5.74, 6) is -1.48. The van der Waals surface area contributed by atoms with Gasteiger partial charge in [-0.3, -0.25) is 14.9 Å². The first-order valence-electron chi connectivity index (χ1n) is 6.52. The lowest BCUT2D eigenvalue weighted by Gasteiger charge is -2.13. The summed E-state index contributed by atoms with van der Waals surface area (Å²) in [4.78, 5) is 23.1. The van der Waals surface area contributed by atoms with E-state index in [0.717, 1.165) is 19.3 Å². The van der Waals surface area contributed by atoms with Gasteiger partial charge < -0.3 is 9.52 Å². The van der Waals surface area contributed by atoms with Gasteiger partial charge in [0, 0.05) is 5.92 Å². The number of carboxylic acid groups (broad SMARTS) is 1. The van der Waals surface area contributed by atoms with Gasteiger partial charge in [-0.05, 0) is 25.7 Å². The van der Waals surface area contributed by atoms with Crippen molar-refractivity contribution in [1.29, 1.82) is 0 Å². The van der Waals surface area contributed by atoms with Crippen LogP contribution in [0.5, 0.6) is 0 Å². The zero-order chi connectivity index (χ0) is 13.4. The molecule has 0 radical (unpaired) electrons. The van der Waals surface area contributed by atoms with Crippen molar-refractivity contribution in [2.75, 3.05) is 5.32 Å². The molecular weight excluding hydrogens is 250 g/mol. The van der Waals surface area contributed by atoms with E-state index < -0.39 is 17.8 Å². The zero-order valence-corrected chi connectivity index (χ0v) is 10.3. The van der Waals surface area contributed by atoms with Gasteiger partial charge in [0.05, 0.1) is 11.8 Å². The van der Waals surface area contributed by atoms with Gasteiger partial charge in [-0.1, -0.05) is 11.5 Å². The van der Waals surface area contributed by atoms with Crippen LogP contribution in [-0.4, -0.2) is 27.2 Å². The number of anilines is 1. The van der Waals surface area contributed by atoms with Crippen molar-refractivity contribution < 1.29 is 19.1 Å². The maximum Gasteiger partial charge on any atom is 0.322 e. The quantitative estimate of drug-likeness (QED) is 0.852. The van der Waals surface area contributed by atoms with E-state index in [-0.39, 0.29) is 11.9 Å². The lowest BCUT2D eigenvalue weighted by molar-refractivity contribution is -0.145. The maximum atomic E-state index is 12.0. The Hall–Kier alpha value is -1.92. The Kier molecular flexibility index (Phi) is 2.96. The molecular formula is C12H15N3O4. The summed E-state index contributed by atoms with van der Waals surface area (Å²) in [6, 6.07) is 0.0722. The molecule has 3 rings (SSSR count). The van der Waals surface area contributed by atoms with Gasteiger partial charge in [0.25, 0.3) is 0 Å². The molecule has 1 aromatic rings. The predicted octanol–water partition coefficient (Wildman–Crippen LogP) is 1.39.